The van der Waals surface area contributed by atoms with Crippen molar-refractivity contribution < 1.29 is 21.5 Å². The molecule has 0 aliphatic heterocycles. The van der Waals surface area contributed by atoms with E-state index in [0.717, 1.165) is 57.8 Å². The Morgan fingerprint density at radius 2 is 0.696 bits per heavy atom. The van der Waals surface area contributed by atoms with E-state index in [2.05, 4.69) is 20.8 Å². The molecule has 4 nitrogen and oxygen atoms in total. The second-order valence-electron chi connectivity index (χ2n) is 14.6. The van der Waals surface area contributed by atoms with Gasteiger partial charge in [0.05, 0.1) is 0 Å². The van der Waals surface area contributed by atoms with Crippen LogP contribution in [0.4, 0.5) is 4.39 Å². The van der Waals surface area contributed by atoms with Crippen LogP contribution in [0.1, 0.15) is 245 Å². The molecule has 2 atom stereocenters. The van der Waals surface area contributed by atoms with E-state index in [0.29, 0.717) is 19.3 Å². The zero-order valence-corrected chi connectivity index (χ0v) is 32.1. The molecule has 0 fully saturated rings. The molecule has 0 saturated heterocycles. The highest BCUT2D eigenvalue weighted by Crippen LogP contribution is 2.38. The van der Waals surface area contributed by atoms with Gasteiger partial charge in [0.25, 0.3) is 0 Å². The third-order valence-electron chi connectivity index (χ3n) is 10.0. The first kappa shape index (κ1) is 45.8. The molecule has 0 aliphatic carbocycles. The third kappa shape index (κ3) is 31.1. The SMILES string of the molecule is CCCCCCCCCCCCCCC(CCCCCCCCCC)C(F)(CCCCCCCCCCCCCC)OS(=O)(=O)O. The van der Waals surface area contributed by atoms with Gasteiger partial charge in [-0.25, -0.2) is 8.57 Å². The molecule has 0 rings (SSSR count). The Kier molecular flexibility index (Phi) is 33.2. The molecule has 46 heavy (non-hydrogen) atoms. The molecule has 0 aliphatic rings. The van der Waals surface area contributed by atoms with Crippen molar-refractivity contribution in [1.82, 2.24) is 0 Å². The van der Waals surface area contributed by atoms with Crippen LogP contribution in [0.5, 0.6) is 0 Å². The number of hydrogen-bond acceptors (Lipinski definition) is 3. The molecule has 0 aromatic rings. The van der Waals surface area contributed by atoms with Crippen molar-refractivity contribution >= 4 is 10.4 Å². The third-order valence-corrected chi connectivity index (χ3v) is 10.5. The lowest BCUT2D eigenvalue weighted by Gasteiger charge is -2.32. The molecule has 0 amide bonds. The summed E-state index contributed by atoms with van der Waals surface area (Å²) in [7, 11) is -4.87. The van der Waals surface area contributed by atoms with Gasteiger partial charge in [-0.15, -0.1) is 0 Å². The molecule has 1 N–H and O–H groups in total. The van der Waals surface area contributed by atoms with Gasteiger partial charge in [-0.1, -0.05) is 220 Å². The van der Waals surface area contributed by atoms with Crippen molar-refractivity contribution in [3.8, 4) is 0 Å². The van der Waals surface area contributed by atoms with Gasteiger partial charge in [-0.3, -0.25) is 4.55 Å². The Morgan fingerprint density at radius 1 is 0.457 bits per heavy atom. The van der Waals surface area contributed by atoms with Gasteiger partial charge in [-0.05, 0) is 19.3 Å². The Bertz CT molecular complexity index is 716. The van der Waals surface area contributed by atoms with Gasteiger partial charge in [0.15, 0.2) is 0 Å². The van der Waals surface area contributed by atoms with E-state index < -0.39 is 22.2 Å². The predicted molar refractivity (Wildman–Crippen MR) is 199 cm³/mol. The van der Waals surface area contributed by atoms with Crippen molar-refractivity contribution in [2.24, 2.45) is 5.92 Å². The summed E-state index contributed by atoms with van der Waals surface area (Å²) >= 11 is 0. The van der Waals surface area contributed by atoms with E-state index in [1.54, 1.807) is 0 Å². The van der Waals surface area contributed by atoms with Crippen molar-refractivity contribution in [3.05, 3.63) is 0 Å². The Balaban J connectivity index is 4.72. The highest BCUT2D eigenvalue weighted by Gasteiger charge is 2.43. The summed E-state index contributed by atoms with van der Waals surface area (Å²) in [5, 5.41) is 0. The van der Waals surface area contributed by atoms with E-state index in [1.165, 1.54) is 141 Å². The van der Waals surface area contributed by atoms with Crippen molar-refractivity contribution in [3.63, 3.8) is 0 Å². The average molecular weight is 677 g/mol. The van der Waals surface area contributed by atoms with Crippen LogP contribution in [0.25, 0.3) is 0 Å². The lowest BCUT2D eigenvalue weighted by molar-refractivity contribution is -0.125. The molecule has 2 unspecified atom stereocenters. The van der Waals surface area contributed by atoms with Crippen molar-refractivity contribution in [1.29, 1.82) is 0 Å². The van der Waals surface area contributed by atoms with Crippen LogP contribution in [-0.4, -0.2) is 18.8 Å². The Labute approximate surface area is 288 Å². The maximum Gasteiger partial charge on any atom is 0.400 e. The van der Waals surface area contributed by atoms with Gasteiger partial charge in [0, 0.05) is 12.3 Å². The van der Waals surface area contributed by atoms with Gasteiger partial charge in [0.2, 0.25) is 5.85 Å². The molecule has 0 saturated carbocycles. The minimum atomic E-state index is -4.87. The lowest BCUT2D eigenvalue weighted by atomic mass is 9.85. The Hall–Kier alpha value is -0.200. The Morgan fingerprint density at radius 3 is 0.957 bits per heavy atom. The lowest BCUT2D eigenvalue weighted by Crippen LogP contribution is -2.38. The van der Waals surface area contributed by atoms with Gasteiger partial charge in [-0.2, -0.15) is 8.42 Å². The second-order valence-corrected chi connectivity index (χ2v) is 15.6. The van der Waals surface area contributed by atoms with E-state index in [9.17, 15) is 13.0 Å². The summed E-state index contributed by atoms with van der Waals surface area (Å²) in [4.78, 5) is 0. The number of rotatable bonds is 38. The molecule has 0 spiro atoms. The van der Waals surface area contributed by atoms with E-state index in [-0.39, 0.29) is 6.42 Å². The summed E-state index contributed by atoms with van der Waals surface area (Å²) in [5.41, 5.74) is 0. The largest absolute Gasteiger partial charge is 0.400 e. The van der Waals surface area contributed by atoms with E-state index >= 15 is 4.39 Å². The number of halogens is 1. The summed E-state index contributed by atoms with van der Waals surface area (Å²) < 4.78 is 54.7. The quantitative estimate of drug-likeness (QED) is 0.0522. The number of unbranched alkanes of at least 4 members (excludes halogenated alkanes) is 29. The standard InChI is InChI=1S/C40H81FO4S/c1-4-7-10-13-16-19-21-23-25-28-31-34-37-39(36-33-30-27-18-15-12-9-6-3)40(41,45-46(42,43)44)38-35-32-29-26-24-22-20-17-14-11-8-5-2/h39H,4-38H2,1-3H3,(H,42,43,44). The zero-order valence-electron chi connectivity index (χ0n) is 31.3. The summed E-state index contributed by atoms with van der Waals surface area (Å²) in [6, 6.07) is 0. The van der Waals surface area contributed by atoms with Gasteiger partial charge >= 0.3 is 10.4 Å². The summed E-state index contributed by atoms with van der Waals surface area (Å²) in [6.07, 6.45) is 39.7. The second kappa shape index (κ2) is 33.3. The van der Waals surface area contributed by atoms with E-state index in [4.69, 9.17) is 4.18 Å². The highest BCUT2D eigenvalue weighted by molar-refractivity contribution is 7.80. The fraction of sp³-hybridized carbons (Fsp3) is 1.00. The number of hydrogen-bond donors (Lipinski definition) is 1. The molecule has 0 aromatic carbocycles. The fourth-order valence-electron chi connectivity index (χ4n) is 7.03. The molecule has 0 bridgehead atoms. The van der Waals surface area contributed by atoms with Crippen LogP contribution in [0.2, 0.25) is 0 Å². The van der Waals surface area contributed by atoms with Crippen LogP contribution in [-0.2, 0) is 14.6 Å². The summed E-state index contributed by atoms with van der Waals surface area (Å²) in [6.45, 7) is 6.73. The van der Waals surface area contributed by atoms with Crippen molar-refractivity contribution in [2.45, 2.75) is 251 Å². The normalized spacial score (nSPS) is 14.1. The maximum absolute atomic E-state index is 16.5. The first-order chi connectivity index (χ1) is 22.3. The topological polar surface area (TPSA) is 63.6 Å². The zero-order chi connectivity index (χ0) is 34.0. The fourth-order valence-corrected chi connectivity index (χ4v) is 7.60. The highest BCUT2D eigenvalue weighted by atomic mass is 32.3. The van der Waals surface area contributed by atoms with Crippen LogP contribution in [0.3, 0.4) is 0 Å². The number of alkyl halides is 1. The van der Waals surface area contributed by atoms with Crippen molar-refractivity contribution in [2.75, 3.05) is 0 Å². The first-order valence-electron chi connectivity index (χ1n) is 20.7. The molecular weight excluding hydrogens is 596 g/mol. The molecule has 0 radical (unpaired) electrons. The van der Waals surface area contributed by atoms with Crippen LogP contribution in [0.15, 0.2) is 0 Å². The molecule has 0 aromatic heterocycles. The summed E-state index contributed by atoms with van der Waals surface area (Å²) in [5.74, 6) is -2.81. The first-order valence-corrected chi connectivity index (χ1v) is 22.0. The maximum atomic E-state index is 16.5. The predicted octanol–water partition coefficient (Wildman–Crippen LogP) is 14.8. The molecule has 278 valence electrons. The van der Waals surface area contributed by atoms with Crippen LogP contribution < -0.4 is 0 Å². The van der Waals surface area contributed by atoms with Gasteiger partial charge in [0.1, 0.15) is 0 Å². The minimum Gasteiger partial charge on any atom is -0.263 e. The molecular formula is C40H81FO4S. The average Bonchev–Trinajstić information content (AvgIpc) is 3.01. The smallest absolute Gasteiger partial charge is 0.263 e. The minimum absolute atomic E-state index is 0.0458. The molecule has 0 heterocycles. The molecule has 6 heteroatoms. The van der Waals surface area contributed by atoms with Gasteiger partial charge < -0.3 is 0 Å². The van der Waals surface area contributed by atoms with Crippen LogP contribution in [0, 0.1) is 5.92 Å². The monoisotopic (exact) mass is 677 g/mol. The van der Waals surface area contributed by atoms with E-state index in [1.807, 2.05) is 0 Å². The van der Waals surface area contributed by atoms with Crippen LogP contribution >= 0.6 is 0 Å².